The zero-order valence-electron chi connectivity index (χ0n) is 12.3. The van der Waals surface area contributed by atoms with Crippen LogP contribution in [0.5, 0.6) is 5.75 Å². The van der Waals surface area contributed by atoms with Gasteiger partial charge in [0.25, 0.3) is 5.91 Å². The lowest BCUT2D eigenvalue weighted by Gasteiger charge is -2.31. The van der Waals surface area contributed by atoms with Crippen molar-refractivity contribution in [3.05, 3.63) is 24.3 Å². The molecule has 0 spiro atoms. The van der Waals surface area contributed by atoms with Crippen molar-refractivity contribution in [3.63, 3.8) is 0 Å². The molecule has 2 aliphatic rings. The van der Waals surface area contributed by atoms with E-state index in [4.69, 9.17) is 4.74 Å². The molecule has 1 saturated carbocycles. The molecule has 21 heavy (non-hydrogen) atoms. The maximum Gasteiger partial charge on any atom is 0.263 e. The van der Waals surface area contributed by atoms with Crippen molar-refractivity contribution in [3.8, 4) is 5.75 Å². The van der Waals surface area contributed by atoms with Crippen LogP contribution >= 0.6 is 11.8 Å². The molecule has 2 N–H and O–H groups in total. The highest BCUT2D eigenvalue weighted by Gasteiger charge is 2.28. The number of amides is 1. The Kier molecular flexibility index (Phi) is 4.58. The first-order chi connectivity index (χ1) is 10.3. The summed E-state index contributed by atoms with van der Waals surface area (Å²) in [4.78, 5) is 12.3. The molecule has 1 heterocycles. The second-order valence-electron chi connectivity index (χ2n) is 5.70. The van der Waals surface area contributed by atoms with Gasteiger partial charge in [0.1, 0.15) is 5.75 Å². The Morgan fingerprint density at radius 2 is 2.05 bits per heavy atom. The van der Waals surface area contributed by atoms with E-state index in [1.165, 1.54) is 12.8 Å². The van der Waals surface area contributed by atoms with E-state index in [0.717, 1.165) is 29.5 Å². The summed E-state index contributed by atoms with van der Waals surface area (Å²) in [6.45, 7) is 0.531. The number of hydrogen-bond donors (Lipinski definition) is 2. The fourth-order valence-electron chi connectivity index (χ4n) is 3.00. The normalized spacial score (nSPS) is 28.0. The monoisotopic (exact) mass is 306 g/mol. The van der Waals surface area contributed by atoms with Gasteiger partial charge in [-0.2, -0.15) is 11.8 Å². The molecule has 1 amide bonds. The second-order valence-corrected chi connectivity index (χ2v) is 6.84. The van der Waals surface area contributed by atoms with Crippen LogP contribution in [-0.2, 0) is 4.79 Å². The maximum absolute atomic E-state index is 12.3. The molecule has 1 aromatic carbocycles. The quantitative estimate of drug-likeness (QED) is 0.901. The third-order valence-electron chi connectivity index (χ3n) is 4.28. The molecule has 1 aliphatic heterocycles. The fraction of sp³-hybridized carbons (Fsp3) is 0.562. The van der Waals surface area contributed by atoms with Gasteiger partial charge < -0.3 is 15.4 Å². The molecule has 0 aromatic heterocycles. The predicted octanol–water partition coefficient (Wildman–Crippen LogP) is 2.65. The SMILES string of the molecule is CSC1CCC(NC(=O)C2CNc3ccccc3O2)CC1. The number of fused-ring (bicyclic) bond motifs is 1. The molecule has 0 bridgehead atoms. The summed E-state index contributed by atoms with van der Waals surface area (Å²) < 4.78 is 5.80. The molecule has 0 radical (unpaired) electrons. The number of thioether (sulfide) groups is 1. The first-order valence-electron chi connectivity index (χ1n) is 7.59. The minimum Gasteiger partial charge on any atom is -0.477 e. The highest BCUT2D eigenvalue weighted by Crippen LogP contribution is 2.29. The molecular formula is C16H22N2O2S. The van der Waals surface area contributed by atoms with Gasteiger partial charge in [-0.1, -0.05) is 12.1 Å². The molecule has 0 saturated heterocycles. The summed E-state index contributed by atoms with van der Waals surface area (Å²) in [5, 5.41) is 7.17. The van der Waals surface area contributed by atoms with Crippen LogP contribution in [0.1, 0.15) is 25.7 Å². The van der Waals surface area contributed by atoms with Crippen molar-refractivity contribution in [2.45, 2.75) is 43.1 Å². The number of rotatable bonds is 3. The van der Waals surface area contributed by atoms with Gasteiger partial charge >= 0.3 is 0 Å². The van der Waals surface area contributed by atoms with E-state index < -0.39 is 6.10 Å². The number of anilines is 1. The van der Waals surface area contributed by atoms with Crippen LogP contribution in [0.3, 0.4) is 0 Å². The van der Waals surface area contributed by atoms with Gasteiger partial charge in [-0.3, -0.25) is 4.79 Å². The number of para-hydroxylation sites is 2. The Hall–Kier alpha value is -1.36. The van der Waals surface area contributed by atoms with Crippen molar-refractivity contribution in [1.29, 1.82) is 0 Å². The van der Waals surface area contributed by atoms with E-state index in [1.807, 2.05) is 36.0 Å². The lowest BCUT2D eigenvalue weighted by atomic mass is 9.95. The lowest BCUT2D eigenvalue weighted by Crippen LogP contribution is -2.49. The third-order valence-corrected chi connectivity index (χ3v) is 5.42. The Morgan fingerprint density at radius 3 is 2.81 bits per heavy atom. The van der Waals surface area contributed by atoms with Gasteiger partial charge in [0.2, 0.25) is 0 Å². The molecule has 5 heteroatoms. The van der Waals surface area contributed by atoms with Crippen LogP contribution < -0.4 is 15.4 Å². The van der Waals surface area contributed by atoms with Crippen molar-refractivity contribution in [2.24, 2.45) is 0 Å². The number of hydrogen-bond acceptors (Lipinski definition) is 4. The zero-order valence-corrected chi connectivity index (χ0v) is 13.1. The van der Waals surface area contributed by atoms with Crippen molar-refractivity contribution < 1.29 is 9.53 Å². The zero-order chi connectivity index (χ0) is 14.7. The molecule has 4 nitrogen and oxygen atoms in total. The molecule has 1 aromatic rings. The van der Waals surface area contributed by atoms with Crippen LogP contribution in [0.25, 0.3) is 0 Å². The van der Waals surface area contributed by atoms with Gasteiger partial charge in [0, 0.05) is 11.3 Å². The Morgan fingerprint density at radius 1 is 1.29 bits per heavy atom. The average Bonchev–Trinajstić information content (AvgIpc) is 2.55. The molecule has 114 valence electrons. The highest BCUT2D eigenvalue weighted by atomic mass is 32.2. The number of nitrogens with one attached hydrogen (secondary N) is 2. The summed E-state index contributed by atoms with van der Waals surface area (Å²) in [7, 11) is 0. The van der Waals surface area contributed by atoms with E-state index in [9.17, 15) is 4.79 Å². The molecule has 1 fully saturated rings. The van der Waals surface area contributed by atoms with E-state index in [0.29, 0.717) is 12.6 Å². The average molecular weight is 306 g/mol. The van der Waals surface area contributed by atoms with Crippen molar-refractivity contribution >= 4 is 23.4 Å². The fourth-order valence-corrected chi connectivity index (χ4v) is 3.74. The summed E-state index contributed by atoms with van der Waals surface area (Å²) in [6, 6.07) is 8.05. The number of carbonyl (C=O) groups excluding carboxylic acids is 1. The van der Waals surface area contributed by atoms with Crippen molar-refractivity contribution in [1.82, 2.24) is 5.32 Å². The smallest absolute Gasteiger partial charge is 0.263 e. The van der Waals surface area contributed by atoms with Gasteiger partial charge in [0.05, 0.1) is 12.2 Å². The van der Waals surface area contributed by atoms with Gasteiger partial charge in [-0.15, -0.1) is 0 Å². The summed E-state index contributed by atoms with van der Waals surface area (Å²) in [5.74, 6) is 0.764. The van der Waals surface area contributed by atoms with E-state index in [2.05, 4.69) is 16.9 Å². The predicted molar refractivity (Wildman–Crippen MR) is 87.0 cm³/mol. The summed E-state index contributed by atoms with van der Waals surface area (Å²) >= 11 is 1.94. The Balaban J connectivity index is 1.53. The van der Waals surface area contributed by atoms with E-state index >= 15 is 0 Å². The highest BCUT2D eigenvalue weighted by molar-refractivity contribution is 7.99. The first-order valence-corrected chi connectivity index (χ1v) is 8.88. The first kappa shape index (κ1) is 14.6. The van der Waals surface area contributed by atoms with Crippen LogP contribution in [0.2, 0.25) is 0 Å². The van der Waals surface area contributed by atoms with Crippen LogP contribution in [0.4, 0.5) is 5.69 Å². The Labute approximate surface area is 130 Å². The van der Waals surface area contributed by atoms with Crippen molar-refractivity contribution in [2.75, 3.05) is 18.1 Å². The topological polar surface area (TPSA) is 50.4 Å². The van der Waals surface area contributed by atoms with Gasteiger partial charge in [-0.05, 0) is 44.1 Å². The molecule has 1 aliphatic carbocycles. The summed E-state index contributed by atoms with van der Waals surface area (Å²) in [5.41, 5.74) is 0.960. The molecule has 1 unspecified atom stereocenters. The van der Waals surface area contributed by atoms with Crippen LogP contribution in [-0.4, -0.2) is 36.1 Å². The minimum absolute atomic E-state index is 0.00426. The Bertz CT molecular complexity index is 501. The van der Waals surface area contributed by atoms with E-state index in [1.54, 1.807) is 0 Å². The summed E-state index contributed by atoms with van der Waals surface area (Å²) in [6.07, 6.45) is 6.28. The number of benzene rings is 1. The van der Waals surface area contributed by atoms with E-state index in [-0.39, 0.29) is 5.91 Å². The number of ether oxygens (including phenoxy) is 1. The van der Waals surface area contributed by atoms with Gasteiger partial charge in [0.15, 0.2) is 6.10 Å². The molecular weight excluding hydrogens is 284 g/mol. The molecule has 1 atom stereocenters. The largest absolute Gasteiger partial charge is 0.477 e. The number of carbonyl (C=O) groups is 1. The lowest BCUT2D eigenvalue weighted by molar-refractivity contribution is -0.128. The maximum atomic E-state index is 12.3. The second kappa shape index (κ2) is 6.60. The minimum atomic E-state index is -0.432. The molecule has 3 rings (SSSR count). The van der Waals surface area contributed by atoms with Gasteiger partial charge in [-0.25, -0.2) is 0 Å². The van der Waals surface area contributed by atoms with Crippen LogP contribution in [0, 0.1) is 0 Å². The van der Waals surface area contributed by atoms with Crippen LogP contribution in [0.15, 0.2) is 24.3 Å². The third kappa shape index (κ3) is 3.46. The standard InChI is InChI=1S/C16H22N2O2S/c1-21-12-8-6-11(7-9-12)18-16(19)15-10-17-13-4-2-3-5-14(13)20-15/h2-5,11-12,15,17H,6-10H2,1H3,(H,18,19).